The molecule has 20 heavy (non-hydrogen) atoms. The second-order valence-electron chi connectivity index (χ2n) is 5.05. The number of benzene rings is 1. The number of anilines is 1. The molecule has 0 atom stereocenters. The molecule has 0 fully saturated rings. The summed E-state index contributed by atoms with van der Waals surface area (Å²) in [5.74, 6) is 6.35. The maximum atomic E-state index is 4.44. The summed E-state index contributed by atoms with van der Waals surface area (Å²) < 4.78 is 0. The largest absolute Gasteiger partial charge is 0.378 e. The highest BCUT2D eigenvalue weighted by Gasteiger charge is 1.98. The first-order valence-corrected chi connectivity index (χ1v) is 6.75. The van der Waals surface area contributed by atoms with Crippen LogP contribution in [0.2, 0.25) is 0 Å². The van der Waals surface area contributed by atoms with Crippen LogP contribution in [0.4, 0.5) is 5.69 Å². The Morgan fingerprint density at radius 3 is 2.65 bits per heavy atom. The monoisotopic (exact) mass is 263 g/mol. The van der Waals surface area contributed by atoms with Gasteiger partial charge in [0.1, 0.15) is 5.49 Å². The van der Waals surface area contributed by atoms with Crippen molar-refractivity contribution in [1.82, 2.24) is 4.98 Å². The van der Waals surface area contributed by atoms with Gasteiger partial charge in [-0.15, -0.1) is 0 Å². The first-order chi connectivity index (χ1) is 9.72. The average Bonchev–Trinajstić information content (AvgIpc) is 2.88. The number of fused-ring (bicyclic) bond motifs is 1. The zero-order chi connectivity index (χ0) is 13.9. The summed E-state index contributed by atoms with van der Waals surface area (Å²) in [4.78, 5) is 9.77. The Morgan fingerprint density at radius 2 is 1.95 bits per heavy atom. The predicted molar refractivity (Wildman–Crippen MR) is 82.3 cm³/mol. The second kappa shape index (κ2) is 5.26. The molecule has 0 spiro atoms. The lowest BCUT2D eigenvalue weighted by Gasteiger charge is -2.11. The van der Waals surface area contributed by atoms with Crippen molar-refractivity contribution in [3.05, 3.63) is 52.3 Å². The molecule has 3 heteroatoms. The molecule has 2 heterocycles. The Morgan fingerprint density at radius 1 is 1.15 bits per heavy atom. The Labute approximate surface area is 118 Å². The third-order valence-corrected chi connectivity index (χ3v) is 3.31. The molecule has 0 saturated heterocycles. The van der Waals surface area contributed by atoms with E-state index in [-0.39, 0.29) is 0 Å². The molecule has 1 aromatic carbocycles. The van der Waals surface area contributed by atoms with Crippen molar-refractivity contribution in [1.29, 1.82) is 0 Å². The lowest BCUT2D eigenvalue weighted by atomic mass is 10.2. The quantitative estimate of drug-likeness (QED) is 0.772. The second-order valence-corrected chi connectivity index (χ2v) is 5.05. The maximum Gasteiger partial charge on any atom is 0.132 e. The Hall–Kier alpha value is -2.47. The van der Waals surface area contributed by atoms with E-state index in [0.29, 0.717) is 0 Å². The van der Waals surface area contributed by atoms with Gasteiger partial charge in [0.15, 0.2) is 0 Å². The third-order valence-electron chi connectivity index (χ3n) is 3.31. The van der Waals surface area contributed by atoms with Crippen LogP contribution in [0, 0.1) is 11.8 Å². The average molecular weight is 263 g/mol. The molecule has 3 nitrogen and oxygen atoms in total. The van der Waals surface area contributed by atoms with E-state index in [0.717, 1.165) is 29.7 Å². The zero-order valence-corrected chi connectivity index (χ0v) is 11.8. The van der Waals surface area contributed by atoms with Gasteiger partial charge in [-0.1, -0.05) is 12.0 Å². The molecular formula is C17H17N3. The Bertz CT molecular complexity index is 750. The molecular weight excluding hydrogens is 246 g/mol. The molecule has 2 aromatic rings. The molecule has 0 radical (unpaired) electrons. The minimum atomic E-state index is 0.867. The standard InChI is InChI=1S/C17H17N3/c1-20(2)16-9-6-13(7-10-16)5-8-15-12-14-4-3-11-18-17(14)19-15/h4,6-7,9-10,12H,3,11H2,1-2H3,(H,18,19). The molecule has 100 valence electrons. The van der Waals surface area contributed by atoms with Crippen molar-refractivity contribution in [3.8, 4) is 11.8 Å². The first-order valence-electron chi connectivity index (χ1n) is 6.75. The summed E-state index contributed by atoms with van der Waals surface area (Å²) in [6, 6.07) is 10.3. The summed E-state index contributed by atoms with van der Waals surface area (Å²) in [6.07, 6.45) is 3.22. The van der Waals surface area contributed by atoms with Gasteiger partial charge in [-0.3, -0.25) is 4.99 Å². The molecule has 0 saturated carbocycles. The van der Waals surface area contributed by atoms with E-state index in [1.807, 2.05) is 26.2 Å². The molecule has 1 aliphatic rings. The number of H-pyrrole nitrogens is 1. The number of nitrogens with zero attached hydrogens (tertiary/aromatic N) is 2. The fourth-order valence-electron chi connectivity index (χ4n) is 2.19. The zero-order valence-electron chi connectivity index (χ0n) is 11.8. The van der Waals surface area contributed by atoms with Crippen molar-refractivity contribution >= 4 is 11.8 Å². The van der Waals surface area contributed by atoms with Crippen LogP contribution in [-0.4, -0.2) is 25.6 Å². The van der Waals surface area contributed by atoms with Crippen molar-refractivity contribution in [3.63, 3.8) is 0 Å². The molecule has 1 N–H and O–H groups in total. The van der Waals surface area contributed by atoms with Crippen LogP contribution in [0.1, 0.15) is 17.7 Å². The van der Waals surface area contributed by atoms with Gasteiger partial charge in [-0.2, -0.15) is 0 Å². The lowest BCUT2D eigenvalue weighted by molar-refractivity contribution is 0.934. The minimum Gasteiger partial charge on any atom is -0.378 e. The van der Waals surface area contributed by atoms with Gasteiger partial charge >= 0.3 is 0 Å². The van der Waals surface area contributed by atoms with Crippen LogP contribution < -0.4 is 15.6 Å². The summed E-state index contributed by atoms with van der Waals surface area (Å²) >= 11 is 0. The number of aromatic amines is 1. The van der Waals surface area contributed by atoms with E-state index in [4.69, 9.17) is 0 Å². The van der Waals surface area contributed by atoms with E-state index >= 15 is 0 Å². The van der Waals surface area contributed by atoms with Gasteiger partial charge in [0.2, 0.25) is 0 Å². The van der Waals surface area contributed by atoms with E-state index < -0.39 is 0 Å². The molecule has 0 aliphatic carbocycles. The molecule has 0 unspecified atom stereocenters. The van der Waals surface area contributed by atoms with Gasteiger partial charge in [0, 0.05) is 37.1 Å². The Balaban J connectivity index is 1.87. The number of nitrogens with one attached hydrogen (secondary N) is 1. The predicted octanol–water partition coefficient (Wildman–Crippen LogP) is 1.28. The van der Waals surface area contributed by atoms with Gasteiger partial charge in [0.25, 0.3) is 0 Å². The van der Waals surface area contributed by atoms with Crippen molar-refractivity contribution in [2.75, 3.05) is 25.5 Å². The van der Waals surface area contributed by atoms with Crippen LogP contribution in [0.5, 0.6) is 0 Å². The molecule has 0 amide bonds. The van der Waals surface area contributed by atoms with Gasteiger partial charge in [0.05, 0.1) is 5.69 Å². The molecule has 1 aromatic heterocycles. The highest BCUT2D eigenvalue weighted by atomic mass is 15.1. The molecule has 1 aliphatic heterocycles. The third kappa shape index (κ3) is 2.60. The lowest BCUT2D eigenvalue weighted by Crippen LogP contribution is -2.25. The van der Waals surface area contributed by atoms with Crippen LogP contribution in [0.15, 0.2) is 35.3 Å². The minimum absolute atomic E-state index is 0.867. The van der Waals surface area contributed by atoms with E-state index in [1.54, 1.807) is 0 Å². The highest BCUT2D eigenvalue weighted by molar-refractivity contribution is 5.50. The molecule has 0 bridgehead atoms. The van der Waals surface area contributed by atoms with Crippen LogP contribution in [-0.2, 0) is 0 Å². The number of hydrogen-bond acceptors (Lipinski definition) is 2. The van der Waals surface area contributed by atoms with E-state index in [1.165, 1.54) is 10.9 Å². The number of aromatic nitrogens is 1. The van der Waals surface area contributed by atoms with Crippen molar-refractivity contribution < 1.29 is 0 Å². The van der Waals surface area contributed by atoms with Crippen molar-refractivity contribution in [2.24, 2.45) is 4.99 Å². The number of hydrogen-bond donors (Lipinski definition) is 1. The van der Waals surface area contributed by atoms with E-state index in [9.17, 15) is 0 Å². The highest BCUT2D eigenvalue weighted by Crippen LogP contribution is 2.11. The fraction of sp³-hybridized carbons (Fsp3) is 0.235. The normalized spacial score (nSPS) is 12.5. The number of rotatable bonds is 1. The van der Waals surface area contributed by atoms with Gasteiger partial charge in [-0.05, 0) is 42.7 Å². The summed E-state index contributed by atoms with van der Waals surface area (Å²) in [5, 5.41) is 1.17. The van der Waals surface area contributed by atoms with Crippen LogP contribution >= 0.6 is 0 Å². The maximum absolute atomic E-state index is 4.44. The smallest absolute Gasteiger partial charge is 0.132 e. The Kier molecular flexibility index (Phi) is 3.30. The SMILES string of the molecule is CN(C)c1ccc(C#Cc2cc3c([nH]2)=NCCC=3)cc1. The van der Waals surface area contributed by atoms with Gasteiger partial charge < -0.3 is 9.88 Å². The topological polar surface area (TPSA) is 31.4 Å². The first kappa shape index (κ1) is 12.6. The summed E-state index contributed by atoms with van der Waals surface area (Å²) in [6.45, 7) is 0.867. The summed E-state index contributed by atoms with van der Waals surface area (Å²) in [7, 11) is 4.06. The molecule has 3 rings (SSSR count). The van der Waals surface area contributed by atoms with Gasteiger partial charge in [-0.25, -0.2) is 0 Å². The van der Waals surface area contributed by atoms with Crippen molar-refractivity contribution in [2.45, 2.75) is 6.42 Å². The summed E-state index contributed by atoms with van der Waals surface area (Å²) in [5.41, 5.74) is 4.08. The van der Waals surface area contributed by atoms with Crippen LogP contribution in [0.3, 0.4) is 0 Å². The van der Waals surface area contributed by atoms with E-state index in [2.05, 4.69) is 51.0 Å². The fourth-order valence-corrected chi connectivity index (χ4v) is 2.19. The van der Waals surface area contributed by atoms with Crippen LogP contribution in [0.25, 0.3) is 6.08 Å².